The first-order valence-corrected chi connectivity index (χ1v) is 8.13. The van der Waals surface area contributed by atoms with Gasteiger partial charge in [0.2, 0.25) is 0 Å². The molecule has 1 aromatic rings. The van der Waals surface area contributed by atoms with Crippen molar-refractivity contribution in [1.29, 1.82) is 0 Å². The second-order valence-electron chi connectivity index (χ2n) is 7.97. The van der Waals surface area contributed by atoms with Crippen LogP contribution in [0.3, 0.4) is 0 Å². The highest BCUT2D eigenvalue weighted by Gasteiger charge is 2.31. The summed E-state index contributed by atoms with van der Waals surface area (Å²) in [6.45, 7) is 9.48. The van der Waals surface area contributed by atoms with Crippen molar-refractivity contribution in [3.8, 4) is 0 Å². The number of hydrogen-bond acceptors (Lipinski definition) is 3. The smallest absolute Gasteiger partial charge is 0.102 e. The summed E-state index contributed by atoms with van der Waals surface area (Å²) in [7, 11) is 1.88. The fourth-order valence-corrected chi connectivity index (χ4v) is 3.31. The van der Waals surface area contributed by atoms with Crippen molar-refractivity contribution in [2.45, 2.75) is 65.0 Å². The Hall–Kier alpha value is -0.870. The lowest BCUT2D eigenvalue weighted by atomic mass is 9.71. The van der Waals surface area contributed by atoms with Gasteiger partial charge in [-0.25, -0.2) is 0 Å². The number of aryl methyl sites for hydroxylation is 1. The lowest BCUT2D eigenvalue weighted by molar-refractivity contribution is 0.0494. The summed E-state index contributed by atoms with van der Waals surface area (Å²) in [5, 5.41) is 18.3. The zero-order valence-corrected chi connectivity index (χ0v) is 14.2. The second kappa shape index (κ2) is 6.09. The Morgan fingerprint density at radius 3 is 2.33 bits per heavy atom. The van der Waals surface area contributed by atoms with Crippen LogP contribution in [0.15, 0.2) is 12.4 Å². The van der Waals surface area contributed by atoms with Crippen LogP contribution in [0.5, 0.6) is 0 Å². The van der Waals surface area contributed by atoms with Crippen LogP contribution < -0.4 is 5.32 Å². The fourth-order valence-electron chi connectivity index (χ4n) is 3.31. The van der Waals surface area contributed by atoms with E-state index < -0.39 is 5.60 Å². The molecule has 0 spiro atoms. The van der Waals surface area contributed by atoms with Crippen molar-refractivity contribution in [3.05, 3.63) is 18.0 Å². The van der Waals surface area contributed by atoms with Crippen molar-refractivity contribution >= 4 is 0 Å². The van der Waals surface area contributed by atoms with Crippen molar-refractivity contribution in [1.82, 2.24) is 15.1 Å². The van der Waals surface area contributed by atoms with Crippen molar-refractivity contribution in [2.24, 2.45) is 18.4 Å². The predicted octanol–water partition coefficient (Wildman–Crippen LogP) is 2.82. The first kappa shape index (κ1) is 16.5. The van der Waals surface area contributed by atoms with Gasteiger partial charge in [0, 0.05) is 31.4 Å². The van der Waals surface area contributed by atoms with Crippen LogP contribution in [0.1, 0.15) is 58.9 Å². The van der Waals surface area contributed by atoms with Crippen LogP contribution in [-0.2, 0) is 12.6 Å². The summed E-state index contributed by atoms with van der Waals surface area (Å²) in [4.78, 5) is 0. The van der Waals surface area contributed by atoms with E-state index in [0.29, 0.717) is 18.0 Å². The van der Waals surface area contributed by atoms with Crippen molar-refractivity contribution < 1.29 is 5.11 Å². The van der Waals surface area contributed by atoms with Crippen LogP contribution in [0, 0.1) is 11.3 Å². The van der Waals surface area contributed by atoms with Gasteiger partial charge in [0.05, 0.1) is 6.20 Å². The zero-order chi connectivity index (χ0) is 15.7. The highest BCUT2D eigenvalue weighted by Crippen LogP contribution is 2.37. The third-order valence-electron chi connectivity index (χ3n) is 5.01. The van der Waals surface area contributed by atoms with Gasteiger partial charge in [0.1, 0.15) is 5.60 Å². The Bertz CT molecular complexity index is 451. The molecule has 120 valence electrons. The van der Waals surface area contributed by atoms with Crippen LogP contribution in [-0.4, -0.2) is 27.5 Å². The molecular formula is C17H31N3O. The minimum absolute atomic E-state index is 0.423. The summed E-state index contributed by atoms with van der Waals surface area (Å²) < 4.78 is 1.73. The van der Waals surface area contributed by atoms with Crippen molar-refractivity contribution in [2.75, 3.05) is 6.54 Å². The van der Waals surface area contributed by atoms with E-state index in [0.717, 1.165) is 11.5 Å². The van der Waals surface area contributed by atoms with E-state index in [2.05, 4.69) is 31.2 Å². The lowest BCUT2D eigenvalue weighted by Crippen LogP contribution is -2.43. The number of nitrogens with one attached hydrogen (secondary N) is 1. The third kappa shape index (κ3) is 4.30. The largest absolute Gasteiger partial charge is 0.384 e. The minimum Gasteiger partial charge on any atom is -0.384 e. The van der Waals surface area contributed by atoms with Crippen LogP contribution in [0.2, 0.25) is 0 Å². The normalized spacial score (nSPS) is 26.6. The molecule has 1 unspecified atom stereocenters. The van der Waals surface area contributed by atoms with Crippen LogP contribution in [0.25, 0.3) is 0 Å². The van der Waals surface area contributed by atoms with Gasteiger partial charge in [0.25, 0.3) is 0 Å². The Kier molecular flexibility index (Phi) is 4.79. The van der Waals surface area contributed by atoms with Gasteiger partial charge < -0.3 is 10.4 Å². The zero-order valence-electron chi connectivity index (χ0n) is 14.2. The summed E-state index contributed by atoms with van der Waals surface area (Å²) >= 11 is 0. The molecular weight excluding hydrogens is 262 g/mol. The van der Waals surface area contributed by atoms with E-state index in [4.69, 9.17) is 0 Å². The molecule has 1 fully saturated rings. The molecule has 1 saturated carbocycles. The van der Waals surface area contributed by atoms with Gasteiger partial charge >= 0.3 is 0 Å². The average molecular weight is 293 g/mol. The third-order valence-corrected chi connectivity index (χ3v) is 5.01. The maximum absolute atomic E-state index is 10.6. The number of rotatable bonds is 4. The second-order valence-corrected chi connectivity index (χ2v) is 7.97. The highest BCUT2D eigenvalue weighted by molar-refractivity contribution is 5.14. The standard InChI is InChI=1S/C17H31N3O/c1-16(2,3)13-6-8-15(9-7-13)18-12-17(4,21)14-10-19-20(5)11-14/h10-11,13,15,18,21H,6-9,12H2,1-5H3. The molecule has 0 saturated heterocycles. The maximum Gasteiger partial charge on any atom is 0.102 e. The predicted molar refractivity (Wildman–Crippen MR) is 86.0 cm³/mol. The quantitative estimate of drug-likeness (QED) is 0.897. The molecule has 0 aromatic carbocycles. The van der Waals surface area contributed by atoms with E-state index in [1.54, 1.807) is 10.9 Å². The van der Waals surface area contributed by atoms with E-state index in [1.165, 1.54) is 25.7 Å². The molecule has 4 nitrogen and oxygen atoms in total. The molecule has 2 N–H and O–H groups in total. The number of nitrogens with zero attached hydrogens (tertiary/aromatic N) is 2. The molecule has 0 bridgehead atoms. The maximum atomic E-state index is 10.6. The Balaban J connectivity index is 1.82. The Labute approximate surface area is 128 Å². The van der Waals surface area contributed by atoms with E-state index >= 15 is 0 Å². The molecule has 21 heavy (non-hydrogen) atoms. The summed E-state index contributed by atoms with van der Waals surface area (Å²) in [5.74, 6) is 0.828. The van der Waals surface area contributed by atoms with Gasteiger partial charge in [-0.2, -0.15) is 5.10 Å². The van der Waals surface area contributed by atoms with Crippen LogP contribution in [0.4, 0.5) is 0 Å². The molecule has 2 rings (SSSR count). The van der Waals surface area contributed by atoms with Gasteiger partial charge in [-0.05, 0) is 43.9 Å². The first-order valence-electron chi connectivity index (χ1n) is 8.13. The Morgan fingerprint density at radius 1 is 1.24 bits per heavy atom. The first-order chi connectivity index (χ1) is 9.68. The van der Waals surface area contributed by atoms with Gasteiger partial charge in [-0.1, -0.05) is 20.8 Å². The molecule has 0 aliphatic heterocycles. The number of aromatic nitrogens is 2. The summed E-state index contributed by atoms with van der Waals surface area (Å²) in [6.07, 6.45) is 8.64. The van der Waals surface area contributed by atoms with E-state index in [-0.39, 0.29) is 0 Å². The topological polar surface area (TPSA) is 50.1 Å². The number of aliphatic hydroxyl groups is 1. The molecule has 4 heteroatoms. The van der Waals surface area contributed by atoms with E-state index in [9.17, 15) is 5.11 Å². The summed E-state index contributed by atoms with van der Waals surface area (Å²) in [5.41, 5.74) is 0.447. The van der Waals surface area contributed by atoms with E-state index in [1.807, 2.05) is 20.2 Å². The molecule has 1 aliphatic carbocycles. The molecule has 1 aromatic heterocycles. The lowest BCUT2D eigenvalue weighted by Gasteiger charge is -2.38. The molecule has 0 radical (unpaired) electrons. The average Bonchev–Trinajstić information content (AvgIpc) is 2.83. The minimum atomic E-state index is -0.852. The molecule has 0 amide bonds. The van der Waals surface area contributed by atoms with Crippen LogP contribution >= 0.6 is 0 Å². The monoisotopic (exact) mass is 293 g/mol. The highest BCUT2D eigenvalue weighted by atomic mass is 16.3. The van der Waals surface area contributed by atoms with Gasteiger partial charge in [0.15, 0.2) is 0 Å². The molecule has 1 aliphatic rings. The van der Waals surface area contributed by atoms with Crippen molar-refractivity contribution in [3.63, 3.8) is 0 Å². The van der Waals surface area contributed by atoms with Gasteiger partial charge in [-0.15, -0.1) is 0 Å². The SMILES string of the molecule is Cn1cc(C(C)(O)CNC2CCC(C(C)(C)C)CC2)cn1. The van der Waals surface area contributed by atoms with Gasteiger partial charge in [-0.3, -0.25) is 4.68 Å². The molecule has 1 heterocycles. The Morgan fingerprint density at radius 2 is 1.86 bits per heavy atom. The molecule has 1 atom stereocenters. The number of hydrogen-bond donors (Lipinski definition) is 2. The fraction of sp³-hybridized carbons (Fsp3) is 0.824. The summed E-state index contributed by atoms with van der Waals surface area (Å²) in [6, 6.07) is 0.534.